The first-order valence-electron chi connectivity index (χ1n) is 12.2. The molecule has 4 aromatic heterocycles. The van der Waals surface area contributed by atoms with Crippen LogP contribution in [0.2, 0.25) is 0 Å². The first-order chi connectivity index (χ1) is 19.9. The quantitative estimate of drug-likeness (QED) is 0.254. The van der Waals surface area contributed by atoms with Gasteiger partial charge in [-0.1, -0.05) is 6.07 Å². The molecular formula is C24H23F3N8O5S2. The number of carbonyl (C=O) groups is 1. The zero-order chi connectivity index (χ0) is 30.1. The van der Waals surface area contributed by atoms with Crippen molar-refractivity contribution < 1.29 is 36.2 Å². The molecule has 0 saturated carbocycles. The number of nitrogens with zero attached hydrogens (tertiary/aromatic N) is 6. The van der Waals surface area contributed by atoms with Crippen LogP contribution < -0.4 is 10.2 Å². The second kappa shape index (κ2) is 11.5. The van der Waals surface area contributed by atoms with E-state index in [1.165, 1.54) is 6.26 Å². The highest BCUT2D eigenvalue weighted by atomic mass is 32.2. The number of rotatable bonds is 6. The molecule has 0 unspecified atom stereocenters. The molecule has 0 atom stereocenters. The fraction of sp³-hybridized carbons (Fsp3) is 0.292. The van der Waals surface area contributed by atoms with Crippen molar-refractivity contribution in [3.05, 3.63) is 47.2 Å². The molecule has 13 nitrogen and oxygen atoms in total. The molecule has 0 bridgehead atoms. The Morgan fingerprint density at radius 3 is 2.55 bits per heavy atom. The normalized spacial score (nSPS) is 14.1. The molecule has 1 aliphatic rings. The minimum absolute atomic E-state index is 0.200. The number of morpholine rings is 1. The molecule has 42 heavy (non-hydrogen) atoms. The second-order valence-corrected chi connectivity index (χ2v) is 11.8. The molecule has 222 valence electrons. The van der Waals surface area contributed by atoms with Crippen LogP contribution in [0.5, 0.6) is 0 Å². The summed E-state index contributed by atoms with van der Waals surface area (Å²) in [7, 11) is -3.40. The number of ether oxygens (including phenoxy) is 1. The van der Waals surface area contributed by atoms with Crippen LogP contribution in [0.3, 0.4) is 0 Å². The third-order valence-electron chi connectivity index (χ3n) is 6.05. The average Bonchev–Trinajstić information content (AvgIpc) is 3.70. The fourth-order valence-electron chi connectivity index (χ4n) is 4.11. The zero-order valence-electron chi connectivity index (χ0n) is 21.8. The van der Waals surface area contributed by atoms with Gasteiger partial charge in [0.15, 0.2) is 26.8 Å². The van der Waals surface area contributed by atoms with Gasteiger partial charge in [0.1, 0.15) is 17.7 Å². The molecule has 0 radical (unpaired) electrons. The van der Waals surface area contributed by atoms with E-state index in [4.69, 9.17) is 24.6 Å². The molecule has 5 aromatic rings. The maximum absolute atomic E-state index is 12.2. The Morgan fingerprint density at radius 2 is 1.90 bits per heavy atom. The van der Waals surface area contributed by atoms with Crippen LogP contribution in [0.4, 0.5) is 24.9 Å². The summed E-state index contributed by atoms with van der Waals surface area (Å²) in [6, 6.07) is 7.09. The minimum Gasteiger partial charge on any atom is -0.475 e. The van der Waals surface area contributed by atoms with Crippen molar-refractivity contribution in [1.82, 2.24) is 29.5 Å². The highest BCUT2D eigenvalue weighted by Gasteiger charge is 2.38. The number of carboxylic acid groups (broad SMARTS) is 1. The number of imidazole rings is 2. The van der Waals surface area contributed by atoms with Crippen LogP contribution in [0, 0.1) is 0 Å². The standard InChI is InChI=1S/C22H22N8O3S2.C2HF3O2/c1-35(31,32)16-4-2-3-15-18(16)26-17(25-15)11-23-20-19-21(30(13-24-19)14-5-10-34-12-14)28-22(27-20)29-6-8-33-9-7-29;3-2(4,5)1(6)7/h2-5,10,12-13H,6-9,11H2,1H3,(H,25,26)(H,23,27,28);(H,6,7). The van der Waals surface area contributed by atoms with Crippen molar-refractivity contribution in [2.45, 2.75) is 17.6 Å². The lowest BCUT2D eigenvalue weighted by Crippen LogP contribution is -2.37. The minimum atomic E-state index is -5.08. The summed E-state index contributed by atoms with van der Waals surface area (Å²) in [6.07, 6.45) is -2.15. The van der Waals surface area contributed by atoms with Crippen LogP contribution in [0.25, 0.3) is 27.9 Å². The summed E-state index contributed by atoms with van der Waals surface area (Å²) in [6.45, 7) is 2.95. The number of halogens is 3. The predicted molar refractivity (Wildman–Crippen MR) is 148 cm³/mol. The fourth-order valence-corrected chi connectivity index (χ4v) is 5.57. The summed E-state index contributed by atoms with van der Waals surface area (Å²) >= 11 is 1.61. The molecule has 1 aliphatic heterocycles. The molecule has 1 fully saturated rings. The molecule has 1 aromatic carbocycles. The monoisotopic (exact) mass is 624 g/mol. The Bertz CT molecular complexity index is 1830. The van der Waals surface area contributed by atoms with Crippen molar-refractivity contribution >= 4 is 61.1 Å². The van der Waals surface area contributed by atoms with Gasteiger partial charge < -0.3 is 25.0 Å². The summed E-state index contributed by atoms with van der Waals surface area (Å²) in [5.41, 5.74) is 3.41. The number of aliphatic carboxylic acids is 1. The zero-order valence-corrected chi connectivity index (χ0v) is 23.4. The number of benzene rings is 1. The van der Waals surface area contributed by atoms with Gasteiger partial charge in [-0.3, -0.25) is 4.57 Å². The number of anilines is 2. The number of para-hydroxylation sites is 1. The molecule has 0 spiro atoms. The maximum atomic E-state index is 12.2. The lowest BCUT2D eigenvalue weighted by Gasteiger charge is -2.27. The van der Waals surface area contributed by atoms with Gasteiger partial charge in [-0.15, -0.1) is 0 Å². The highest BCUT2D eigenvalue weighted by Crippen LogP contribution is 2.27. The Labute approximate surface area is 239 Å². The number of alkyl halides is 3. The van der Waals surface area contributed by atoms with Gasteiger partial charge in [-0.2, -0.15) is 34.5 Å². The third-order valence-corrected chi connectivity index (χ3v) is 7.85. The number of thiophene rings is 1. The second-order valence-electron chi connectivity index (χ2n) is 9.00. The SMILES string of the molecule is CS(=O)(=O)c1cccc2[nH]c(CNc3nc(N4CCOCC4)nc4c3ncn4-c3ccsc3)nc12.O=C(O)C(F)(F)F. The Hall–Kier alpha value is -4.29. The van der Waals surface area contributed by atoms with Crippen molar-refractivity contribution in [2.24, 2.45) is 0 Å². The van der Waals surface area contributed by atoms with Gasteiger partial charge in [0.2, 0.25) is 5.95 Å². The van der Waals surface area contributed by atoms with Gasteiger partial charge in [0.05, 0.1) is 35.9 Å². The summed E-state index contributed by atoms with van der Waals surface area (Å²) in [5.74, 6) is -0.987. The van der Waals surface area contributed by atoms with E-state index in [1.807, 2.05) is 27.5 Å². The number of fused-ring (bicyclic) bond motifs is 2. The van der Waals surface area contributed by atoms with Gasteiger partial charge in [-0.25, -0.2) is 23.2 Å². The van der Waals surface area contributed by atoms with Gasteiger partial charge in [0, 0.05) is 24.7 Å². The smallest absolute Gasteiger partial charge is 0.475 e. The van der Waals surface area contributed by atoms with Crippen molar-refractivity contribution in [3.8, 4) is 5.69 Å². The Kier molecular flexibility index (Phi) is 8.02. The Morgan fingerprint density at radius 1 is 1.17 bits per heavy atom. The van der Waals surface area contributed by atoms with E-state index in [-0.39, 0.29) is 4.90 Å². The van der Waals surface area contributed by atoms with E-state index in [2.05, 4.69) is 25.2 Å². The molecule has 1 saturated heterocycles. The summed E-state index contributed by atoms with van der Waals surface area (Å²) < 4.78 is 63.5. The van der Waals surface area contributed by atoms with Crippen LogP contribution >= 0.6 is 11.3 Å². The van der Waals surface area contributed by atoms with E-state index in [0.717, 1.165) is 5.69 Å². The van der Waals surface area contributed by atoms with E-state index in [0.29, 0.717) is 72.6 Å². The topological polar surface area (TPSA) is 168 Å². The number of nitrogens with one attached hydrogen (secondary N) is 2. The largest absolute Gasteiger partial charge is 0.490 e. The third kappa shape index (κ3) is 6.29. The summed E-state index contributed by atoms with van der Waals surface area (Å²) in [5, 5.41) is 14.5. The van der Waals surface area contributed by atoms with E-state index in [1.54, 1.807) is 29.8 Å². The van der Waals surface area contributed by atoms with Crippen molar-refractivity contribution in [2.75, 3.05) is 42.8 Å². The molecular weight excluding hydrogens is 601 g/mol. The maximum Gasteiger partial charge on any atom is 0.490 e. The van der Waals surface area contributed by atoms with E-state index in [9.17, 15) is 21.6 Å². The van der Waals surface area contributed by atoms with E-state index >= 15 is 0 Å². The molecule has 18 heteroatoms. The van der Waals surface area contributed by atoms with Gasteiger partial charge in [0.25, 0.3) is 0 Å². The van der Waals surface area contributed by atoms with Crippen LogP contribution in [-0.4, -0.2) is 87.7 Å². The van der Waals surface area contributed by atoms with Crippen LogP contribution in [-0.2, 0) is 25.9 Å². The van der Waals surface area contributed by atoms with E-state index < -0.39 is 22.0 Å². The first kappa shape index (κ1) is 29.2. The van der Waals surface area contributed by atoms with Gasteiger partial charge in [-0.05, 0) is 23.6 Å². The number of aromatic nitrogens is 6. The highest BCUT2D eigenvalue weighted by molar-refractivity contribution is 7.91. The lowest BCUT2D eigenvalue weighted by atomic mass is 10.3. The van der Waals surface area contributed by atoms with Gasteiger partial charge >= 0.3 is 12.1 Å². The number of carboxylic acids is 1. The van der Waals surface area contributed by atoms with Crippen LogP contribution in [0.1, 0.15) is 5.82 Å². The molecule has 3 N–H and O–H groups in total. The van der Waals surface area contributed by atoms with Crippen molar-refractivity contribution in [1.29, 1.82) is 0 Å². The predicted octanol–water partition coefficient (Wildman–Crippen LogP) is 3.24. The van der Waals surface area contributed by atoms with Crippen LogP contribution in [0.15, 0.2) is 46.2 Å². The number of hydrogen-bond acceptors (Lipinski definition) is 11. The number of sulfone groups is 1. The molecule has 6 rings (SSSR count). The number of hydrogen-bond donors (Lipinski definition) is 3. The molecule has 5 heterocycles. The lowest BCUT2D eigenvalue weighted by molar-refractivity contribution is -0.192. The number of H-pyrrole nitrogens is 1. The molecule has 0 amide bonds. The summed E-state index contributed by atoms with van der Waals surface area (Å²) in [4.78, 5) is 33.1. The Balaban J connectivity index is 0.000000451. The molecule has 0 aliphatic carbocycles. The first-order valence-corrected chi connectivity index (χ1v) is 15.1. The number of aromatic amines is 1. The average molecular weight is 625 g/mol. The van der Waals surface area contributed by atoms with Crippen molar-refractivity contribution in [3.63, 3.8) is 0 Å².